The number of nitrogens with two attached hydrogens (primary N) is 1. The number of methoxy groups -OCH3 is 1. The topological polar surface area (TPSA) is 73.6 Å². The number of benzene rings is 1. The second-order valence-electron chi connectivity index (χ2n) is 6.36. The van der Waals surface area contributed by atoms with Gasteiger partial charge < -0.3 is 20.5 Å². The van der Waals surface area contributed by atoms with Gasteiger partial charge in [-0.1, -0.05) is 18.2 Å². The van der Waals surface area contributed by atoms with E-state index in [-0.39, 0.29) is 24.2 Å². The minimum atomic E-state index is -0.639. The molecule has 0 radical (unpaired) electrons. The molecule has 120 valence electrons. The molecular weight excluding hydrogens is 280 g/mol. The molecule has 2 aliphatic rings. The van der Waals surface area contributed by atoms with Crippen LogP contribution in [0.3, 0.4) is 0 Å². The summed E-state index contributed by atoms with van der Waals surface area (Å²) in [5, 5.41) is 3.09. The van der Waals surface area contributed by atoms with Gasteiger partial charge in [0.25, 0.3) is 0 Å². The Kier molecular flexibility index (Phi) is 4.36. The summed E-state index contributed by atoms with van der Waals surface area (Å²) in [6, 6.07) is 7.27. The summed E-state index contributed by atoms with van der Waals surface area (Å²) in [4.78, 5) is 12.3. The highest BCUT2D eigenvalue weighted by Crippen LogP contribution is 2.46. The molecule has 1 aliphatic carbocycles. The molecule has 1 aromatic carbocycles. The van der Waals surface area contributed by atoms with E-state index >= 15 is 0 Å². The van der Waals surface area contributed by atoms with Gasteiger partial charge in [-0.25, -0.2) is 0 Å². The highest BCUT2D eigenvalue weighted by atomic mass is 16.5. The lowest BCUT2D eigenvalue weighted by Gasteiger charge is -2.40. The van der Waals surface area contributed by atoms with E-state index in [1.165, 1.54) is 12.8 Å². The first kappa shape index (κ1) is 15.3. The van der Waals surface area contributed by atoms with Gasteiger partial charge >= 0.3 is 0 Å². The van der Waals surface area contributed by atoms with Crippen LogP contribution in [0.25, 0.3) is 0 Å². The first-order valence-electron chi connectivity index (χ1n) is 7.96. The van der Waals surface area contributed by atoms with Crippen LogP contribution in [0.1, 0.15) is 43.7 Å². The molecular formula is C17H24N2O3. The first-order valence-corrected chi connectivity index (χ1v) is 7.96. The van der Waals surface area contributed by atoms with Gasteiger partial charge in [-0.3, -0.25) is 4.79 Å². The second kappa shape index (κ2) is 6.26. The summed E-state index contributed by atoms with van der Waals surface area (Å²) < 4.78 is 11.3. The van der Waals surface area contributed by atoms with Crippen molar-refractivity contribution in [3.05, 3.63) is 29.8 Å². The molecule has 1 amide bonds. The van der Waals surface area contributed by atoms with E-state index < -0.39 is 6.04 Å². The van der Waals surface area contributed by atoms with E-state index in [1.54, 1.807) is 7.11 Å². The van der Waals surface area contributed by atoms with E-state index in [4.69, 9.17) is 15.2 Å². The van der Waals surface area contributed by atoms with E-state index in [9.17, 15) is 4.79 Å². The standard InChI is InChI=1S/C17H24N2O3/c1-21-11-13(18)16(20)19-14-10-17(8-4-5-9-17)22-15-7-3-2-6-12(14)15/h2-3,6-7,13-14H,4-5,8-11,18H2,1H3,(H,19,20). The molecule has 5 nitrogen and oxygen atoms in total. The molecule has 3 N–H and O–H groups in total. The molecule has 0 bridgehead atoms. The summed E-state index contributed by atoms with van der Waals surface area (Å²) in [5.41, 5.74) is 6.75. The van der Waals surface area contributed by atoms with Crippen molar-refractivity contribution in [3.63, 3.8) is 0 Å². The number of amides is 1. The van der Waals surface area contributed by atoms with Gasteiger partial charge in [-0.05, 0) is 31.7 Å². The van der Waals surface area contributed by atoms with Crippen molar-refractivity contribution in [2.45, 2.75) is 49.8 Å². The van der Waals surface area contributed by atoms with Gasteiger partial charge in [-0.2, -0.15) is 0 Å². The normalized spacial score (nSPS) is 23.6. The number of para-hydroxylation sites is 1. The molecule has 1 aliphatic heterocycles. The largest absolute Gasteiger partial charge is 0.487 e. The zero-order chi connectivity index (χ0) is 15.6. The molecule has 2 atom stereocenters. The molecule has 1 spiro atoms. The van der Waals surface area contributed by atoms with E-state index in [0.717, 1.165) is 30.6 Å². The third-order valence-corrected chi connectivity index (χ3v) is 4.71. The molecule has 1 saturated carbocycles. The fraction of sp³-hybridized carbons (Fsp3) is 0.588. The smallest absolute Gasteiger partial charge is 0.239 e. The van der Waals surface area contributed by atoms with Gasteiger partial charge in [0, 0.05) is 19.1 Å². The minimum Gasteiger partial charge on any atom is -0.487 e. The van der Waals surface area contributed by atoms with Gasteiger partial charge in [-0.15, -0.1) is 0 Å². The SMILES string of the molecule is COCC(N)C(=O)NC1CC2(CCCC2)Oc2ccccc21. The summed E-state index contributed by atoms with van der Waals surface area (Å²) in [6.07, 6.45) is 5.29. The predicted molar refractivity (Wildman–Crippen MR) is 83.6 cm³/mol. The second-order valence-corrected chi connectivity index (χ2v) is 6.36. The molecule has 5 heteroatoms. The number of rotatable bonds is 4. The van der Waals surface area contributed by atoms with Crippen LogP contribution in [0.2, 0.25) is 0 Å². The minimum absolute atomic E-state index is 0.0431. The Morgan fingerprint density at radius 1 is 1.45 bits per heavy atom. The molecule has 1 aromatic rings. The molecule has 1 heterocycles. The summed E-state index contributed by atoms with van der Waals surface area (Å²) in [7, 11) is 1.55. The lowest BCUT2D eigenvalue weighted by Crippen LogP contribution is -2.48. The Balaban J connectivity index is 1.81. The van der Waals surface area contributed by atoms with Gasteiger partial charge in [0.15, 0.2) is 0 Å². The molecule has 1 fully saturated rings. The maximum absolute atomic E-state index is 12.3. The number of hydrogen-bond donors (Lipinski definition) is 2. The predicted octanol–water partition coefficient (Wildman–Crippen LogP) is 1.91. The average Bonchev–Trinajstić information content (AvgIpc) is 2.95. The van der Waals surface area contributed by atoms with Crippen molar-refractivity contribution in [2.75, 3.05) is 13.7 Å². The summed E-state index contributed by atoms with van der Waals surface area (Å²) in [6.45, 7) is 0.224. The number of carbonyl (C=O) groups is 1. The van der Waals surface area contributed by atoms with Crippen molar-refractivity contribution in [2.24, 2.45) is 5.73 Å². The van der Waals surface area contributed by atoms with Crippen LogP contribution >= 0.6 is 0 Å². The van der Waals surface area contributed by atoms with Crippen LogP contribution in [0.5, 0.6) is 5.75 Å². The Morgan fingerprint density at radius 3 is 2.91 bits per heavy atom. The van der Waals surface area contributed by atoms with E-state index in [0.29, 0.717) is 0 Å². The van der Waals surface area contributed by atoms with Crippen LogP contribution < -0.4 is 15.8 Å². The number of ether oxygens (including phenoxy) is 2. The molecule has 0 saturated heterocycles. The molecule has 2 unspecified atom stereocenters. The van der Waals surface area contributed by atoms with E-state index in [1.807, 2.05) is 24.3 Å². The highest BCUT2D eigenvalue weighted by Gasteiger charge is 2.43. The monoisotopic (exact) mass is 304 g/mol. The van der Waals surface area contributed by atoms with E-state index in [2.05, 4.69) is 5.32 Å². The van der Waals surface area contributed by atoms with Gasteiger partial charge in [0.1, 0.15) is 17.4 Å². The molecule has 3 rings (SSSR count). The van der Waals surface area contributed by atoms with Crippen LogP contribution in [0.4, 0.5) is 0 Å². The quantitative estimate of drug-likeness (QED) is 0.891. The number of nitrogens with one attached hydrogen (secondary N) is 1. The third-order valence-electron chi connectivity index (χ3n) is 4.71. The van der Waals surface area contributed by atoms with Crippen LogP contribution in [-0.4, -0.2) is 31.3 Å². The summed E-state index contributed by atoms with van der Waals surface area (Å²) >= 11 is 0. The summed E-state index contributed by atoms with van der Waals surface area (Å²) in [5.74, 6) is 0.720. The number of fused-ring (bicyclic) bond motifs is 1. The zero-order valence-electron chi connectivity index (χ0n) is 13.0. The van der Waals surface area contributed by atoms with Crippen LogP contribution in [0, 0.1) is 0 Å². The Hall–Kier alpha value is -1.59. The maximum Gasteiger partial charge on any atom is 0.239 e. The van der Waals surface area contributed by atoms with Crippen molar-refractivity contribution in [1.29, 1.82) is 0 Å². The van der Waals surface area contributed by atoms with Crippen LogP contribution in [-0.2, 0) is 9.53 Å². The van der Waals surface area contributed by atoms with Crippen molar-refractivity contribution < 1.29 is 14.3 Å². The van der Waals surface area contributed by atoms with Crippen LogP contribution in [0.15, 0.2) is 24.3 Å². The Morgan fingerprint density at radius 2 is 2.18 bits per heavy atom. The lowest BCUT2D eigenvalue weighted by atomic mass is 9.86. The molecule has 22 heavy (non-hydrogen) atoms. The lowest BCUT2D eigenvalue weighted by molar-refractivity contribution is -0.124. The Labute approximate surface area is 131 Å². The molecule has 0 aromatic heterocycles. The van der Waals surface area contributed by atoms with Gasteiger partial charge in [0.2, 0.25) is 5.91 Å². The fourth-order valence-electron chi connectivity index (χ4n) is 3.61. The zero-order valence-corrected chi connectivity index (χ0v) is 13.0. The van der Waals surface area contributed by atoms with Gasteiger partial charge in [0.05, 0.1) is 12.6 Å². The third kappa shape index (κ3) is 2.96. The van der Waals surface area contributed by atoms with Crippen molar-refractivity contribution in [1.82, 2.24) is 5.32 Å². The average molecular weight is 304 g/mol. The number of carbonyl (C=O) groups excluding carboxylic acids is 1. The van der Waals surface area contributed by atoms with Crippen molar-refractivity contribution >= 4 is 5.91 Å². The first-order chi connectivity index (χ1) is 10.6. The fourth-order valence-corrected chi connectivity index (χ4v) is 3.61. The number of hydrogen-bond acceptors (Lipinski definition) is 4. The maximum atomic E-state index is 12.3. The highest BCUT2D eigenvalue weighted by molar-refractivity contribution is 5.82. The van der Waals surface area contributed by atoms with Crippen molar-refractivity contribution in [3.8, 4) is 5.75 Å². The Bertz CT molecular complexity index is 540.